The van der Waals surface area contributed by atoms with Crippen LogP contribution in [-0.2, 0) is 17.9 Å². The Balaban J connectivity index is 1.66. The lowest BCUT2D eigenvalue weighted by Gasteiger charge is -2.12. The van der Waals surface area contributed by atoms with Gasteiger partial charge in [-0.3, -0.25) is 9.79 Å². The van der Waals surface area contributed by atoms with E-state index in [0.29, 0.717) is 37.8 Å². The second kappa shape index (κ2) is 11.7. The van der Waals surface area contributed by atoms with Crippen LogP contribution < -0.4 is 16.0 Å². The quantitative estimate of drug-likeness (QED) is 0.338. The van der Waals surface area contributed by atoms with Crippen LogP contribution in [-0.4, -0.2) is 38.6 Å². The molecule has 0 fully saturated rings. The molecule has 0 aliphatic heterocycles. The molecule has 0 saturated carbocycles. The molecule has 0 spiro atoms. The van der Waals surface area contributed by atoms with E-state index in [-0.39, 0.29) is 5.91 Å². The molecule has 2 aromatic rings. The Morgan fingerprint density at radius 1 is 1.19 bits per heavy atom. The van der Waals surface area contributed by atoms with Gasteiger partial charge in [-0.15, -0.1) is 0 Å². The van der Waals surface area contributed by atoms with Gasteiger partial charge in [0.2, 0.25) is 0 Å². The average Bonchev–Trinajstić information content (AvgIpc) is 3.21. The first-order valence-electron chi connectivity index (χ1n) is 9.14. The van der Waals surface area contributed by atoms with Gasteiger partial charge >= 0.3 is 0 Å². The van der Waals surface area contributed by atoms with Crippen molar-refractivity contribution in [2.45, 2.75) is 26.5 Å². The summed E-state index contributed by atoms with van der Waals surface area (Å²) in [5, 5.41) is 9.30. The summed E-state index contributed by atoms with van der Waals surface area (Å²) >= 11 is 0. The molecule has 1 amide bonds. The molecule has 1 aromatic heterocycles. The summed E-state index contributed by atoms with van der Waals surface area (Å²) in [6.45, 7) is 4.98. The van der Waals surface area contributed by atoms with Gasteiger partial charge < -0.3 is 25.1 Å². The summed E-state index contributed by atoms with van der Waals surface area (Å²) < 4.78 is 10.8. The minimum absolute atomic E-state index is 0.0589. The lowest BCUT2D eigenvalue weighted by atomic mass is 10.1. The Bertz CT molecular complexity index is 714. The predicted molar refractivity (Wildman–Crippen MR) is 106 cm³/mol. The Morgan fingerprint density at radius 3 is 2.81 bits per heavy atom. The van der Waals surface area contributed by atoms with E-state index in [1.807, 2.05) is 43.3 Å². The first kappa shape index (κ1) is 20.5. The zero-order chi connectivity index (χ0) is 19.3. The average molecular weight is 372 g/mol. The van der Waals surface area contributed by atoms with Crippen molar-refractivity contribution in [3.05, 3.63) is 59.5 Å². The van der Waals surface area contributed by atoms with E-state index in [1.54, 1.807) is 13.3 Å². The molecule has 3 N–H and O–H groups in total. The van der Waals surface area contributed by atoms with Crippen molar-refractivity contribution in [2.75, 3.05) is 26.7 Å². The number of furan rings is 1. The molecule has 0 unspecified atom stereocenters. The monoisotopic (exact) mass is 372 g/mol. The molecule has 0 radical (unpaired) electrons. The topological polar surface area (TPSA) is 87.9 Å². The molecule has 0 aliphatic rings. The second-order valence-corrected chi connectivity index (χ2v) is 5.90. The lowest BCUT2D eigenvalue weighted by molar-refractivity contribution is 0.0955. The fourth-order valence-corrected chi connectivity index (χ4v) is 2.44. The van der Waals surface area contributed by atoms with Gasteiger partial charge in [-0.1, -0.05) is 12.1 Å². The van der Waals surface area contributed by atoms with E-state index in [1.165, 1.54) is 0 Å². The van der Waals surface area contributed by atoms with Gasteiger partial charge in [-0.25, -0.2) is 0 Å². The number of amides is 1. The van der Waals surface area contributed by atoms with Crippen molar-refractivity contribution in [2.24, 2.45) is 4.99 Å². The van der Waals surface area contributed by atoms with Gasteiger partial charge in [0.15, 0.2) is 5.96 Å². The highest BCUT2D eigenvalue weighted by molar-refractivity contribution is 5.94. The standard InChI is InChI=1S/C20H28N4O3/c1-3-22-19(25)17-8-4-7-16(13-17)14-24-20(21-2)23-10-6-11-26-15-18-9-5-12-27-18/h4-5,7-9,12-13H,3,6,10-11,14-15H2,1-2H3,(H,22,25)(H2,21,23,24). The number of benzene rings is 1. The zero-order valence-electron chi connectivity index (χ0n) is 16.0. The molecular weight excluding hydrogens is 344 g/mol. The van der Waals surface area contributed by atoms with E-state index < -0.39 is 0 Å². The number of guanidine groups is 1. The Labute approximate surface area is 160 Å². The minimum Gasteiger partial charge on any atom is -0.467 e. The van der Waals surface area contributed by atoms with E-state index in [9.17, 15) is 4.79 Å². The Morgan fingerprint density at radius 2 is 2.07 bits per heavy atom. The number of aliphatic imine (C=N–C) groups is 1. The fraction of sp³-hybridized carbons (Fsp3) is 0.400. The van der Waals surface area contributed by atoms with Crippen molar-refractivity contribution in [1.82, 2.24) is 16.0 Å². The number of carbonyl (C=O) groups is 1. The number of rotatable bonds is 10. The van der Waals surface area contributed by atoms with Crippen LogP contribution in [0.5, 0.6) is 0 Å². The molecule has 146 valence electrons. The highest BCUT2D eigenvalue weighted by atomic mass is 16.5. The third-order valence-corrected chi connectivity index (χ3v) is 3.79. The molecule has 1 heterocycles. The van der Waals surface area contributed by atoms with Gasteiger partial charge in [0, 0.05) is 38.9 Å². The molecule has 7 heteroatoms. The lowest BCUT2D eigenvalue weighted by Crippen LogP contribution is -2.37. The summed E-state index contributed by atoms with van der Waals surface area (Å²) in [5.41, 5.74) is 1.68. The zero-order valence-corrected chi connectivity index (χ0v) is 16.0. The molecule has 0 saturated heterocycles. The van der Waals surface area contributed by atoms with Crippen LogP contribution in [0.2, 0.25) is 0 Å². The highest BCUT2D eigenvalue weighted by Gasteiger charge is 2.05. The van der Waals surface area contributed by atoms with Crippen LogP contribution in [0.3, 0.4) is 0 Å². The van der Waals surface area contributed by atoms with Crippen LogP contribution in [0.25, 0.3) is 0 Å². The van der Waals surface area contributed by atoms with Gasteiger partial charge in [0.1, 0.15) is 12.4 Å². The van der Waals surface area contributed by atoms with Gasteiger partial charge in [-0.05, 0) is 43.2 Å². The highest BCUT2D eigenvalue weighted by Crippen LogP contribution is 2.05. The largest absolute Gasteiger partial charge is 0.467 e. The third-order valence-electron chi connectivity index (χ3n) is 3.79. The number of ether oxygens (including phenoxy) is 1. The SMILES string of the molecule is CCNC(=O)c1cccc(CNC(=NC)NCCCOCc2ccco2)c1. The third kappa shape index (κ3) is 7.53. The smallest absolute Gasteiger partial charge is 0.251 e. The normalized spacial score (nSPS) is 11.3. The van der Waals surface area contributed by atoms with E-state index in [2.05, 4.69) is 20.9 Å². The maximum absolute atomic E-state index is 11.9. The molecular formula is C20H28N4O3. The fourth-order valence-electron chi connectivity index (χ4n) is 2.44. The van der Waals surface area contributed by atoms with E-state index >= 15 is 0 Å². The first-order chi connectivity index (χ1) is 13.2. The number of nitrogens with one attached hydrogen (secondary N) is 3. The number of carbonyl (C=O) groups excluding carboxylic acids is 1. The van der Waals surface area contributed by atoms with Crippen LogP contribution in [0.4, 0.5) is 0 Å². The van der Waals surface area contributed by atoms with E-state index in [0.717, 1.165) is 24.3 Å². The van der Waals surface area contributed by atoms with Gasteiger partial charge in [0.25, 0.3) is 5.91 Å². The molecule has 0 aliphatic carbocycles. The molecule has 7 nitrogen and oxygen atoms in total. The Hall–Kier alpha value is -2.80. The van der Waals surface area contributed by atoms with Crippen LogP contribution in [0.15, 0.2) is 52.1 Å². The summed E-state index contributed by atoms with van der Waals surface area (Å²) in [7, 11) is 1.73. The summed E-state index contributed by atoms with van der Waals surface area (Å²) in [5.74, 6) is 1.48. The second-order valence-electron chi connectivity index (χ2n) is 5.90. The minimum atomic E-state index is -0.0589. The first-order valence-corrected chi connectivity index (χ1v) is 9.14. The van der Waals surface area contributed by atoms with Crippen molar-refractivity contribution < 1.29 is 13.9 Å². The summed E-state index contributed by atoms with van der Waals surface area (Å²) in [6, 6.07) is 11.3. The molecule has 27 heavy (non-hydrogen) atoms. The Kier molecular flexibility index (Phi) is 8.92. The summed E-state index contributed by atoms with van der Waals surface area (Å²) in [4.78, 5) is 16.1. The van der Waals surface area contributed by atoms with Crippen LogP contribution in [0.1, 0.15) is 35.0 Å². The molecule has 2 rings (SSSR count). The maximum atomic E-state index is 11.9. The summed E-state index contributed by atoms with van der Waals surface area (Å²) in [6.07, 6.45) is 2.50. The van der Waals surface area contributed by atoms with Crippen molar-refractivity contribution in [1.29, 1.82) is 0 Å². The predicted octanol–water partition coefficient (Wildman–Crippen LogP) is 2.30. The van der Waals surface area contributed by atoms with Gasteiger partial charge in [-0.2, -0.15) is 0 Å². The molecule has 0 bridgehead atoms. The molecule has 1 aromatic carbocycles. The van der Waals surface area contributed by atoms with Crippen LogP contribution >= 0.6 is 0 Å². The van der Waals surface area contributed by atoms with Gasteiger partial charge in [0.05, 0.1) is 6.26 Å². The van der Waals surface area contributed by atoms with Crippen molar-refractivity contribution in [3.63, 3.8) is 0 Å². The maximum Gasteiger partial charge on any atom is 0.251 e. The van der Waals surface area contributed by atoms with Crippen LogP contribution in [0, 0.1) is 0 Å². The number of nitrogens with zero attached hydrogens (tertiary/aromatic N) is 1. The molecule has 0 atom stereocenters. The van der Waals surface area contributed by atoms with Crippen molar-refractivity contribution >= 4 is 11.9 Å². The van der Waals surface area contributed by atoms with E-state index in [4.69, 9.17) is 9.15 Å². The number of hydrogen-bond acceptors (Lipinski definition) is 4. The number of hydrogen-bond donors (Lipinski definition) is 3. The van der Waals surface area contributed by atoms with Crippen molar-refractivity contribution in [3.8, 4) is 0 Å².